The van der Waals surface area contributed by atoms with Gasteiger partial charge in [0.1, 0.15) is 0 Å². The summed E-state index contributed by atoms with van der Waals surface area (Å²) in [5.41, 5.74) is 4.60. The van der Waals surface area contributed by atoms with Crippen LogP contribution in [0.1, 0.15) is 66.9 Å². The van der Waals surface area contributed by atoms with Gasteiger partial charge in [0, 0.05) is 47.7 Å². The number of rotatable bonds is 3. The molecule has 2 aromatic carbocycles. The van der Waals surface area contributed by atoms with E-state index >= 15 is 0 Å². The highest BCUT2D eigenvalue weighted by atomic mass is 32.1. The third-order valence-electron chi connectivity index (χ3n) is 6.55. The highest BCUT2D eigenvalue weighted by Crippen LogP contribution is 2.27. The minimum absolute atomic E-state index is 0.0274. The number of benzene rings is 2. The summed E-state index contributed by atoms with van der Waals surface area (Å²) in [5.74, 6) is 0.0913. The highest BCUT2D eigenvalue weighted by Gasteiger charge is 2.24. The van der Waals surface area contributed by atoms with Crippen LogP contribution >= 0.6 is 11.3 Å². The Bertz CT molecular complexity index is 1150. The Labute approximate surface area is 212 Å². The van der Waals surface area contributed by atoms with Crippen molar-refractivity contribution in [1.82, 2.24) is 9.88 Å². The molecule has 6 heteroatoms. The second-order valence-electron chi connectivity index (χ2n) is 9.60. The Kier molecular flexibility index (Phi) is 8.34. The number of fused-ring (bicyclic) bond motifs is 1. The maximum Gasteiger partial charge on any atom is 0.254 e. The first-order valence-electron chi connectivity index (χ1n) is 12.6. The lowest BCUT2D eigenvalue weighted by molar-refractivity contribution is -0.121. The van der Waals surface area contributed by atoms with Crippen molar-refractivity contribution in [1.29, 1.82) is 0 Å². The fraction of sp³-hybridized carbons (Fsp3) is 0.414. The molecular formula is C29H35N3O2S. The third kappa shape index (κ3) is 6.17. The quantitative estimate of drug-likeness (QED) is 0.411. The van der Waals surface area contributed by atoms with Crippen LogP contribution in [0.2, 0.25) is 0 Å². The number of hydrogen-bond acceptors (Lipinski definition) is 4. The van der Waals surface area contributed by atoms with Crippen molar-refractivity contribution >= 4 is 28.8 Å². The molecule has 0 saturated heterocycles. The average Bonchev–Trinajstić information content (AvgIpc) is 3.30. The molecule has 0 N–H and O–H groups in total. The van der Waals surface area contributed by atoms with E-state index in [9.17, 15) is 9.59 Å². The number of para-hydroxylation sites is 1. The van der Waals surface area contributed by atoms with E-state index in [-0.39, 0.29) is 17.7 Å². The lowest BCUT2D eigenvalue weighted by atomic mass is 10.0. The van der Waals surface area contributed by atoms with Crippen molar-refractivity contribution in [3.63, 3.8) is 0 Å². The second-order valence-corrected chi connectivity index (χ2v) is 10.7. The normalized spacial score (nSPS) is 15.3. The molecule has 0 unspecified atom stereocenters. The van der Waals surface area contributed by atoms with Crippen LogP contribution in [0.4, 0.5) is 5.69 Å². The molecule has 2 heterocycles. The summed E-state index contributed by atoms with van der Waals surface area (Å²) in [6.45, 7) is 7.82. The first kappa shape index (κ1) is 25.1. The molecule has 0 saturated carbocycles. The minimum Gasteiger partial charge on any atom is -0.334 e. The smallest absolute Gasteiger partial charge is 0.254 e. The van der Waals surface area contributed by atoms with E-state index in [1.807, 2.05) is 78.4 Å². The molecule has 1 aromatic heterocycles. The first-order chi connectivity index (χ1) is 16.9. The molecule has 0 atom stereocenters. The molecule has 4 rings (SSSR count). The first-order valence-corrected chi connectivity index (χ1v) is 13.5. The predicted octanol–water partition coefficient (Wildman–Crippen LogP) is 6.71. The summed E-state index contributed by atoms with van der Waals surface area (Å²) in [7, 11) is 0. The number of thiazole rings is 1. The van der Waals surface area contributed by atoms with Gasteiger partial charge in [-0.15, -0.1) is 11.3 Å². The summed E-state index contributed by atoms with van der Waals surface area (Å²) in [6, 6.07) is 15.8. The number of aromatic nitrogens is 1. The zero-order valence-electron chi connectivity index (χ0n) is 21.0. The summed E-state index contributed by atoms with van der Waals surface area (Å²) >= 11 is 1.63. The highest BCUT2D eigenvalue weighted by molar-refractivity contribution is 7.09. The number of hydrogen-bond donors (Lipinski definition) is 0. The topological polar surface area (TPSA) is 53.5 Å². The monoisotopic (exact) mass is 489 g/mol. The molecule has 0 aliphatic carbocycles. The molecule has 1 aliphatic rings. The molecule has 3 aromatic rings. The van der Waals surface area contributed by atoms with Crippen LogP contribution in [-0.2, 0) is 11.3 Å². The Morgan fingerprint density at radius 2 is 1.60 bits per heavy atom. The fourth-order valence-electron chi connectivity index (χ4n) is 4.59. The zero-order valence-corrected chi connectivity index (χ0v) is 21.8. The van der Waals surface area contributed by atoms with E-state index in [0.29, 0.717) is 18.7 Å². The maximum atomic E-state index is 13.6. The van der Waals surface area contributed by atoms with Crippen LogP contribution in [-0.4, -0.2) is 34.8 Å². The molecular weight excluding hydrogens is 454 g/mol. The van der Waals surface area contributed by atoms with Crippen LogP contribution in [0.5, 0.6) is 0 Å². The van der Waals surface area contributed by atoms with Crippen LogP contribution < -0.4 is 4.90 Å². The number of aryl methyl sites for hydroxylation is 1. The molecule has 0 fully saturated rings. The lowest BCUT2D eigenvalue weighted by Gasteiger charge is -2.30. The van der Waals surface area contributed by atoms with Crippen LogP contribution in [0.25, 0.3) is 11.3 Å². The minimum atomic E-state index is -0.0753. The molecule has 0 radical (unpaired) electrons. The molecule has 184 valence electrons. The largest absolute Gasteiger partial charge is 0.334 e. The fourth-order valence-corrected chi connectivity index (χ4v) is 5.21. The Balaban J connectivity index is 1.62. The van der Waals surface area contributed by atoms with Gasteiger partial charge in [-0.3, -0.25) is 9.59 Å². The van der Waals surface area contributed by atoms with E-state index in [1.165, 1.54) is 0 Å². The van der Waals surface area contributed by atoms with E-state index < -0.39 is 0 Å². The molecule has 1 aliphatic heterocycles. The molecule has 5 nitrogen and oxygen atoms in total. The van der Waals surface area contributed by atoms with Gasteiger partial charge >= 0.3 is 0 Å². The van der Waals surface area contributed by atoms with Crippen molar-refractivity contribution in [2.75, 3.05) is 18.0 Å². The molecule has 0 spiro atoms. The Morgan fingerprint density at radius 1 is 0.914 bits per heavy atom. The molecule has 0 bridgehead atoms. The van der Waals surface area contributed by atoms with E-state index in [4.69, 9.17) is 0 Å². The predicted molar refractivity (Wildman–Crippen MR) is 144 cm³/mol. The van der Waals surface area contributed by atoms with Crippen molar-refractivity contribution < 1.29 is 9.59 Å². The van der Waals surface area contributed by atoms with Crippen molar-refractivity contribution in [3.05, 3.63) is 70.0 Å². The van der Waals surface area contributed by atoms with Gasteiger partial charge in [-0.2, -0.15) is 0 Å². The van der Waals surface area contributed by atoms with Gasteiger partial charge in [-0.25, -0.2) is 4.98 Å². The lowest BCUT2D eigenvalue weighted by Crippen LogP contribution is -2.37. The van der Waals surface area contributed by atoms with Crippen molar-refractivity contribution in [3.8, 4) is 11.3 Å². The van der Waals surface area contributed by atoms with Gasteiger partial charge in [0.2, 0.25) is 5.91 Å². The summed E-state index contributed by atoms with van der Waals surface area (Å²) in [5, 5.41) is 3.08. The molecule has 2 amide bonds. The van der Waals surface area contributed by atoms with Gasteiger partial charge in [-0.05, 0) is 43.5 Å². The van der Waals surface area contributed by atoms with Gasteiger partial charge in [0.25, 0.3) is 5.91 Å². The van der Waals surface area contributed by atoms with Crippen molar-refractivity contribution in [2.45, 2.75) is 59.4 Å². The summed E-state index contributed by atoms with van der Waals surface area (Å²) < 4.78 is 0. The maximum absolute atomic E-state index is 13.6. The van der Waals surface area contributed by atoms with Gasteiger partial charge in [0.15, 0.2) is 0 Å². The second kappa shape index (κ2) is 11.6. The number of carbonyl (C=O) groups excluding carboxylic acids is 2. The Morgan fingerprint density at radius 3 is 2.29 bits per heavy atom. The van der Waals surface area contributed by atoms with E-state index in [1.54, 1.807) is 11.3 Å². The Hall–Kier alpha value is -2.99. The van der Waals surface area contributed by atoms with E-state index in [2.05, 4.69) is 11.1 Å². The van der Waals surface area contributed by atoms with Gasteiger partial charge in [0.05, 0.1) is 10.7 Å². The van der Waals surface area contributed by atoms with Crippen LogP contribution in [0.15, 0.2) is 53.9 Å². The summed E-state index contributed by atoms with van der Waals surface area (Å²) in [4.78, 5) is 35.2. The van der Waals surface area contributed by atoms with Crippen molar-refractivity contribution in [2.24, 2.45) is 5.92 Å². The number of carbonyl (C=O) groups is 2. The van der Waals surface area contributed by atoms with Gasteiger partial charge in [-0.1, -0.05) is 63.4 Å². The zero-order chi connectivity index (χ0) is 24.8. The molecule has 35 heavy (non-hydrogen) atoms. The average molecular weight is 490 g/mol. The summed E-state index contributed by atoms with van der Waals surface area (Å²) in [6.07, 6.45) is 5.29. The SMILES string of the molecule is Cc1nc(-c2ccc(C(=O)N3CCCCCCCN(C(=O)C(C)C)c4ccccc4C3)cc2)cs1. The van der Waals surface area contributed by atoms with Crippen LogP contribution in [0.3, 0.4) is 0 Å². The standard InChI is InChI=1S/C29H35N3O2S/c1-21(2)28(33)32-18-10-6-4-5-9-17-31(19-25-11-7-8-12-27(25)32)29(34)24-15-13-23(14-16-24)26-20-35-22(3)30-26/h7-8,11-16,20-21H,4-6,9-10,17-19H2,1-3H3. The third-order valence-corrected chi connectivity index (χ3v) is 7.32. The number of nitrogens with zero attached hydrogens (tertiary/aromatic N) is 3. The number of amides is 2. The van der Waals surface area contributed by atoms with E-state index in [0.717, 1.165) is 66.2 Å². The van der Waals surface area contributed by atoms with Crippen LogP contribution in [0, 0.1) is 12.8 Å². The number of anilines is 1. The van der Waals surface area contributed by atoms with Gasteiger partial charge < -0.3 is 9.80 Å².